The molecule has 0 aliphatic carbocycles. The Bertz CT molecular complexity index is 1060. The second-order valence-electron chi connectivity index (χ2n) is 9.27. The number of ether oxygens (including phenoxy) is 4. The molecule has 10 atom stereocenters. The summed E-state index contributed by atoms with van der Waals surface area (Å²) in [6.07, 6.45) is -10.8. The summed E-state index contributed by atoms with van der Waals surface area (Å²) in [7, 11) is 3.52. The van der Waals surface area contributed by atoms with E-state index in [0.29, 0.717) is 5.75 Å². The van der Waals surface area contributed by atoms with E-state index in [2.05, 4.69) is 15.6 Å². The van der Waals surface area contributed by atoms with Gasteiger partial charge in [0, 0.05) is 38.6 Å². The van der Waals surface area contributed by atoms with Gasteiger partial charge in [0.2, 0.25) is 5.91 Å². The molecule has 6 N–H and O–H groups in total. The van der Waals surface area contributed by atoms with E-state index in [0.717, 1.165) is 10.8 Å². The van der Waals surface area contributed by atoms with Gasteiger partial charge >= 0.3 is 5.69 Å². The van der Waals surface area contributed by atoms with Gasteiger partial charge in [-0.25, -0.2) is 4.98 Å². The minimum Gasteiger partial charge on any atom is -0.394 e. The molecule has 1 aromatic heterocycles. The number of aliphatic hydroxyl groups excluding tert-OH is 4. The summed E-state index contributed by atoms with van der Waals surface area (Å²) >= 11 is 0. The summed E-state index contributed by atoms with van der Waals surface area (Å²) in [5.41, 5.74) is -0.138. The molecule has 0 spiro atoms. The van der Waals surface area contributed by atoms with Crippen molar-refractivity contribution in [2.45, 2.75) is 80.0 Å². The van der Waals surface area contributed by atoms with E-state index in [4.69, 9.17) is 18.9 Å². The molecule has 2 saturated heterocycles. The van der Waals surface area contributed by atoms with Crippen LogP contribution in [0.1, 0.15) is 13.8 Å². The smallest absolute Gasteiger partial charge is 0.302 e. The first-order valence-electron chi connectivity index (χ1n) is 12.6. The molecule has 0 radical (unpaired) electrons. The predicted octanol–water partition coefficient (Wildman–Crippen LogP) is -1.66. The summed E-state index contributed by atoms with van der Waals surface area (Å²) < 4.78 is 22.3. The monoisotopic (exact) mass is 622 g/mol. The van der Waals surface area contributed by atoms with Crippen LogP contribution in [0.2, 0.25) is 0 Å². The van der Waals surface area contributed by atoms with E-state index in [9.17, 15) is 40.1 Å². The maximum absolute atomic E-state index is 13.0. The lowest BCUT2D eigenvalue weighted by Crippen LogP contribution is -2.68. The number of hydrogen-bond acceptors (Lipinski definition) is 15. The van der Waals surface area contributed by atoms with Crippen molar-refractivity contribution in [3.63, 3.8) is 0 Å². The van der Waals surface area contributed by atoms with Crippen molar-refractivity contribution in [2.24, 2.45) is 0 Å². The van der Waals surface area contributed by atoms with Crippen molar-refractivity contribution < 1.29 is 53.9 Å². The lowest BCUT2D eigenvalue weighted by molar-refractivity contribution is -0.388. The van der Waals surface area contributed by atoms with Gasteiger partial charge < -0.3 is 50.0 Å². The quantitative estimate of drug-likeness (QED) is 0.0663. The number of aliphatic hydroxyl groups is 4. The van der Waals surface area contributed by atoms with Crippen LogP contribution in [0, 0.1) is 10.1 Å². The van der Waals surface area contributed by atoms with Crippen LogP contribution < -0.4 is 10.6 Å². The molecule has 16 nitrogen and oxygen atoms in total. The number of carbonyl (C=O) groups is 2. The Balaban J connectivity index is 1.65. The Morgan fingerprint density at radius 2 is 1.93 bits per heavy atom. The molecule has 41 heavy (non-hydrogen) atoms. The molecule has 4 unspecified atom stereocenters. The summed E-state index contributed by atoms with van der Waals surface area (Å²) in [5, 5.41) is 58.4. The van der Waals surface area contributed by atoms with Gasteiger partial charge in [-0.3, -0.25) is 19.7 Å². The predicted molar refractivity (Wildman–Crippen MR) is 144 cm³/mol. The van der Waals surface area contributed by atoms with Crippen LogP contribution >= 0.6 is 21.6 Å². The van der Waals surface area contributed by atoms with Crippen molar-refractivity contribution in [2.75, 3.05) is 26.0 Å². The first kappa shape index (κ1) is 33.4. The average molecular weight is 623 g/mol. The molecule has 18 heteroatoms. The van der Waals surface area contributed by atoms with E-state index >= 15 is 0 Å². The Hall–Kier alpha value is -2.13. The van der Waals surface area contributed by atoms with Gasteiger partial charge in [-0.15, -0.1) is 0 Å². The lowest BCUT2D eigenvalue weighted by Gasteiger charge is -2.47. The van der Waals surface area contributed by atoms with Crippen LogP contribution in [0.5, 0.6) is 0 Å². The van der Waals surface area contributed by atoms with Crippen molar-refractivity contribution in [1.82, 2.24) is 15.6 Å². The average Bonchev–Trinajstić information content (AvgIpc) is 2.94. The van der Waals surface area contributed by atoms with Crippen molar-refractivity contribution >= 4 is 39.1 Å². The van der Waals surface area contributed by atoms with E-state index in [-0.39, 0.29) is 17.3 Å². The molecule has 3 heterocycles. The standard InChI is InChI=1S/C23H34N4O12S2/c1-10-14(26-11(2)29)18(15(30)13(9-28)37-10)38-23-17(32)16(31)19(36-3)20(39-23)21(33)24-7-8-40-41-22-12(27(34)35)5-4-6-25-22/h4-6,10,13-20,23,28,30-32H,7-9H2,1-3H3,(H,24,33)(H,26,29)/t10-,13?,14?,15+,16+,17?,18+,19-,20?,23+/m0/s1. The van der Waals surface area contributed by atoms with Gasteiger partial charge in [0.25, 0.3) is 5.91 Å². The lowest BCUT2D eigenvalue weighted by atomic mass is 9.92. The van der Waals surface area contributed by atoms with Gasteiger partial charge in [-0.1, -0.05) is 10.8 Å². The minimum absolute atomic E-state index is 0.108. The third kappa shape index (κ3) is 8.25. The van der Waals surface area contributed by atoms with Gasteiger partial charge in [0.1, 0.15) is 36.6 Å². The number of pyridine rings is 1. The molecule has 230 valence electrons. The van der Waals surface area contributed by atoms with Crippen LogP contribution in [0.25, 0.3) is 0 Å². The highest BCUT2D eigenvalue weighted by molar-refractivity contribution is 8.76. The summed E-state index contributed by atoms with van der Waals surface area (Å²) in [4.78, 5) is 39.4. The Morgan fingerprint density at radius 1 is 1.20 bits per heavy atom. The summed E-state index contributed by atoms with van der Waals surface area (Å²) in [6, 6.07) is 1.87. The number of carbonyl (C=O) groups excluding carboxylic acids is 2. The van der Waals surface area contributed by atoms with Crippen molar-refractivity contribution in [1.29, 1.82) is 0 Å². The number of methoxy groups -OCH3 is 1. The van der Waals surface area contributed by atoms with Gasteiger partial charge in [-0.2, -0.15) is 0 Å². The maximum Gasteiger partial charge on any atom is 0.302 e. The SMILES string of the molecule is CO[C@@H]1C(C(=O)NCCSSc2ncccc2[N+](=O)[O-])O[C@@H](O[C@@H]2C(NC(C)=O)[C@H](C)OC(CO)[C@H]2O)C(O)[C@H]1O. The highest BCUT2D eigenvalue weighted by Crippen LogP contribution is 2.35. The Kier molecular flexibility index (Phi) is 12.5. The molecule has 2 aliphatic rings. The topological polar surface area (TPSA) is 232 Å². The second-order valence-corrected chi connectivity index (χ2v) is 11.7. The van der Waals surface area contributed by atoms with E-state index < -0.39 is 84.5 Å². The summed E-state index contributed by atoms with van der Waals surface area (Å²) in [5.74, 6) is -0.824. The number of nitro groups is 1. The van der Waals surface area contributed by atoms with Gasteiger partial charge in [0.15, 0.2) is 17.4 Å². The number of hydrogen-bond donors (Lipinski definition) is 6. The highest BCUT2D eigenvalue weighted by atomic mass is 33.1. The van der Waals surface area contributed by atoms with Crippen LogP contribution in [0.3, 0.4) is 0 Å². The van der Waals surface area contributed by atoms with Crippen LogP contribution in [-0.4, -0.2) is 129 Å². The fourth-order valence-corrected chi connectivity index (χ4v) is 6.39. The van der Waals surface area contributed by atoms with Crippen molar-refractivity contribution in [3.05, 3.63) is 28.4 Å². The van der Waals surface area contributed by atoms with Crippen LogP contribution in [0.15, 0.2) is 23.4 Å². The molecule has 0 aromatic carbocycles. The zero-order chi connectivity index (χ0) is 30.3. The zero-order valence-electron chi connectivity index (χ0n) is 22.4. The zero-order valence-corrected chi connectivity index (χ0v) is 24.0. The first-order chi connectivity index (χ1) is 19.5. The second kappa shape index (κ2) is 15.4. The fraction of sp³-hybridized carbons (Fsp3) is 0.696. The van der Waals surface area contributed by atoms with Crippen molar-refractivity contribution in [3.8, 4) is 0 Å². The molecule has 2 amide bonds. The molecule has 2 fully saturated rings. The highest BCUT2D eigenvalue weighted by Gasteiger charge is 2.52. The number of aromatic nitrogens is 1. The van der Waals surface area contributed by atoms with Gasteiger partial charge in [-0.05, 0) is 23.8 Å². The third-order valence-electron chi connectivity index (χ3n) is 6.45. The molecule has 2 aliphatic heterocycles. The fourth-order valence-electron chi connectivity index (χ4n) is 4.46. The molecular formula is C23H34N4O12S2. The maximum atomic E-state index is 13.0. The number of rotatable bonds is 12. The number of nitrogens with zero attached hydrogens (tertiary/aromatic N) is 2. The van der Waals surface area contributed by atoms with E-state index in [1.165, 1.54) is 43.2 Å². The normalized spacial score (nSPS) is 33.6. The third-order valence-corrected chi connectivity index (χ3v) is 8.74. The van der Waals surface area contributed by atoms with E-state index in [1.807, 2.05) is 0 Å². The number of amides is 2. The number of nitrogens with one attached hydrogen (secondary N) is 2. The molecule has 3 rings (SSSR count). The molecule has 0 saturated carbocycles. The largest absolute Gasteiger partial charge is 0.394 e. The van der Waals surface area contributed by atoms with E-state index in [1.54, 1.807) is 6.92 Å². The first-order valence-corrected chi connectivity index (χ1v) is 14.9. The molecule has 0 bridgehead atoms. The molecular weight excluding hydrogens is 588 g/mol. The van der Waals surface area contributed by atoms with Crippen LogP contribution in [0.4, 0.5) is 5.69 Å². The molecule has 1 aromatic rings. The Labute approximate surface area is 243 Å². The summed E-state index contributed by atoms with van der Waals surface area (Å²) in [6.45, 7) is 2.40. The Morgan fingerprint density at radius 3 is 2.56 bits per heavy atom. The van der Waals surface area contributed by atoms with Gasteiger partial charge in [0.05, 0.1) is 23.7 Å². The van der Waals surface area contributed by atoms with Crippen LogP contribution in [-0.2, 0) is 28.5 Å². The minimum atomic E-state index is -1.71.